The number of carbonyl (C=O) groups excluding carboxylic acids is 1. The lowest BCUT2D eigenvalue weighted by atomic mass is 9.47. The van der Waals surface area contributed by atoms with E-state index in [1.165, 1.54) is 56.9 Å². The molecular weight excluding hydrogens is 410 g/mol. The van der Waals surface area contributed by atoms with Gasteiger partial charge in [-0.05, 0) is 98.4 Å². The van der Waals surface area contributed by atoms with Gasteiger partial charge in [-0.15, -0.1) is 0 Å². The summed E-state index contributed by atoms with van der Waals surface area (Å²) in [5.74, 6) is 4.32. The highest BCUT2D eigenvalue weighted by Gasteiger charge is 2.91. The molecule has 0 radical (unpaired) electrons. The molecule has 3 spiro atoms. The summed E-state index contributed by atoms with van der Waals surface area (Å²) in [7, 11) is 0. The summed E-state index contributed by atoms with van der Waals surface area (Å²) in [6, 6.07) is 0.549. The molecule has 0 aromatic rings. The van der Waals surface area contributed by atoms with Gasteiger partial charge < -0.3 is 9.84 Å². The van der Waals surface area contributed by atoms with Crippen LogP contribution >= 0.6 is 0 Å². The molecule has 8 rings (SSSR count). The number of nitrogens with zero attached hydrogens (tertiary/aromatic N) is 1. The molecule has 2 heterocycles. The van der Waals surface area contributed by atoms with E-state index in [2.05, 4.69) is 24.8 Å². The second-order valence-electron chi connectivity index (χ2n) is 14.0. The Kier molecular flexibility index (Phi) is 3.82. The number of fused-ring (bicyclic) bond motifs is 6. The number of β-amino-alcohol motifs (C(OH)–C–C–N with tert-alkyl or cyclic N) is 1. The van der Waals surface area contributed by atoms with E-state index < -0.39 is 0 Å². The highest BCUT2D eigenvalue weighted by molar-refractivity contribution is 5.91. The number of ketones is 1. The molecule has 6 aliphatic carbocycles. The maximum absolute atomic E-state index is 12.2. The predicted octanol–water partition coefficient (Wildman–Crippen LogP) is 4.36. The van der Waals surface area contributed by atoms with Crippen LogP contribution in [0, 0.1) is 45.8 Å². The van der Waals surface area contributed by atoms with Gasteiger partial charge in [-0.2, -0.15) is 0 Å². The molecule has 4 nitrogen and oxygen atoms in total. The van der Waals surface area contributed by atoms with Crippen LogP contribution in [0.15, 0.2) is 11.6 Å². The highest BCUT2D eigenvalue weighted by atomic mass is 16.5. The number of hydrogen-bond donors (Lipinski definition) is 1. The Hall–Kier alpha value is -0.710. The first-order chi connectivity index (χ1) is 15.9. The number of aliphatic hydroxyl groups is 1. The molecule has 2 saturated heterocycles. The van der Waals surface area contributed by atoms with Crippen LogP contribution in [0.4, 0.5) is 0 Å². The van der Waals surface area contributed by atoms with E-state index in [1.54, 1.807) is 0 Å². The van der Waals surface area contributed by atoms with E-state index in [9.17, 15) is 9.90 Å². The zero-order valence-corrected chi connectivity index (χ0v) is 20.5. The summed E-state index contributed by atoms with van der Waals surface area (Å²) >= 11 is 0. The van der Waals surface area contributed by atoms with Gasteiger partial charge >= 0.3 is 0 Å². The first-order valence-corrected chi connectivity index (χ1v) is 14.1. The first-order valence-electron chi connectivity index (χ1n) is 14.1. The van der Waals surface area contributed by atoms with Crippen molar-refractivity contribution in [1.29, 1.82) is 0 Å². The minimum atomic E-state index is 0.145. The molecule has 2 unspecified atom stereocenters. The van der Waals surface area contributed by atoms with Gasteiger partial charge in [0.25, 0.3) is 0 Å². The summed E-state index contributed by atoms with van der Waals surface area (Å²) in [6.45, 7) is 7.12. The van der Waals surface area contributed by atoms with Gasteiger partial charge in [0.1, 0.15) is 0 Å². The zero-order valence-electron chi connectivity index (χ0n) is 20.5. The molecule has 5 saturated carbocycles. The van der Waals surface area contributed by atoms with Crippen LogP contribution in [0.5, 0.6) is 0 Å². The van der Waals surface area contributed by atoms with E-state index in [0.29, 0.717) is 40.6 Å². The number of allylic oxidation sites excluding steroid dienone is 2. The van der Waals surface area contributed by atoms with Gasteiger partial charge in [-0.3, -0.25) is 9.69 Å². The van der Waals surface area contributed by atoms with E-state index in [4.69, 9.17) is 4.74 Å². The SMILES string of the molecule is C[C@H]1C[C@H]2O[C@@]34CC[C@H]5[C@@H]6CCC7=CC(=O)CC[C@]7(C)[C@H]6CC56CC63C[C@@H]4[C@@H]2N(CCO)C1. The van der Waals surface area contributed by atoms with Crippen molar-refractivity contribution in [2.45, 2.75) is 95.8 Å². The average Bonchev–Trinajstić information content (AvgIpc) is 3.25. The first kappa shape index (κ1) is 20.5. The Morgan fingerprint density at radius 2 is 2.03 bits per heavy atom. The molecule has 4 heteroatoms. The van der Waals surface area contributed by atoms with Crippen LogP contribution in [-0.2, 0) is 9.53 Å². The predicted molar refractivity (Wildman–Crippen MR) is 125 cm³/mol. The summed E-state index contributed by atoms with van der Waals surface area (Å²) in [6.07, 6.45) is 14.9. The summed E-state index contributed by atoms with van der Waals surface area (Å²) in [5.41, 5.74) is 2.93. The van der Waals surface area contributed by atoms with Gasteiger partial charge in [0.05, 0.1) is 18.3 Å². The van der Waals surface area contributed by atoms with Crippen molar-refractivity contribution in [3.63, 3.8) is 0 Å². The van der Waals surface area contributed by atoms with Crippen molar-refractivity contribution >= 4 is 5.78 Å². The molecule has 0 bridgehead atoms. The number of aliphatic hydroxyl groups excluding tert-OH is 1. The Labute approximate surface area is 198 Å². The quantitative estimate of drug-likeness (QED) is 0.678. The summed E-state index contributed by atoms with van der Waals surface area (Å²) < 4.78 is 7.27. The monoisotopic (exact) mass is 451 g/mol. The van der Waals surface area contributed by atoms with Crippen LogP contribution in [0.1, 0.15) is 78.1 Å². The number of piperidine rings is 1. The molecule has 1 N–H and O–H groups in total. The molecule has 8 aliphatic rings. The maximum atomic E-state index is 12.2. The Morgan fingerprint density at radius 1 is 1.15 bits per heavy atom. The van der Waals surface area contributed by atoms with Crippen LogP contribution in [0.3, 0.4) is 0 Å². The fraction of sp³-hybridized carbons (Fsp3) is 0.897. The number of ether oxygens (including phenoxy) is 1. The maximum Gasteiger partial charge on any atom is 0.155 e. The lowest BCUT2D eigenvalue weighted by Crippen LogP contribution is -2.64. The molecule has 2 aliphatic heterocycles. The molecule has 0 aromatic carbocycles. The van der Waals surface area contributed by atoms with Crippen LogP contribution in [0.2, 0.25) is 0 Å². The third-order valence-electron chi connectivity index (χ3n) is 13.2. The fourth-order valence-corrected chi connectivity index (χ4v) is 12.2. The highest BCUT2D eigenvalue weighted by Crippen LogP contribution is 2.93. The fourth-order valence-electron chi connectivity index (χ4n) is 12.2. The zero-order chi connectivity index (χ0) is 22.4. The number of likely N-dealkylation sites (tertiary alicyclic amines) is 1. The van der Waals surface area contributed by atoms with Gasteiger partial charge in [0.2, 0.25) is 0 Å². The standard InChI is InChI=1S/C29H41NO3/c1-17-11-24-25(30(15-17)9-10-31)23-14-28-16-27(28)13-22-20(21(27)6-8-29(23,28)33-24)4-3-18-12-19(32)5-7-26(18,22)2/h12,17,20-25,31H,3-11,13-16H2,1-2H3/t17-,20-,21-,22-,23+,24+,25-,26-,27?,28?,29+/m0/s1. The van der Waals surface area contributed by atoms with Crippen LogP contribution in [-0.4, -0.2) is 53.2 Å². The number of rotatable bonds is 2. The average molecular weight is 452 g/mol. The van der Waals surface area contributed by atoms with Crippen molar-refractivity contribution in [3.05, 3.63) is 11.6 Å². The molecule has 11 atom stereocenters. The van der Waals surface area contributed by atoms with Crippen molar-refractivity contribution in [1.82, 2.24) is 4.90 Å². The largest absolute Gasteiger partial charge is 0.395 e. The molecule has 0 amide bonds. The molecule has 7 fully saturated rings. The Morgan fingerprint density at radius 3 is 2.88 bits per heavy atom. The second kappa shape index (κ2) is 6.16. The van der Waals surface area contributed by atoms with Crippen LogP contribution < -0.4 is 0 Å². The lowest BCUT2D eigenvalue weighted by Gasteiger charge is -2.60. The third kappa shape index (κ3) is 2.13. The van der Waals surface area contributed by atoms with Gasteiger partial charge in [0, 0.05) is 36.9 Å². The van der Waals surface area contributed by atoms with E-state index >= 15 is 0 Å². The van der Waals surface area contributed by atoms with Crippen molar-refractivity contribution < 1.29 is 14.6 Å². The smallest absolute Gasteiger partial charge is 0.155 e. The number of carbonyl (C=O) groups is 1. The van der Waals surface area contributed by atoms with Gasteiger partial charge in [0.15, 0.2) is 5.78 Å². The molecule has 180 valence electrons. The minimum Gasteiger partial charge on any atom is -0.395 e. The molecule has 33 heavy (non-hydrogen) atoms. The summed E-state index contributed by atoms with van der Waals surface area (Å²) in [5, 5.41) is 9.75. The minimum absolute atomic E-state index is 0.145. The third-order valence-corrected chi connectivity index (χ3v) is 13.2. The normalized spacial score (nSPS) is 60.3. The van der Waals surface area contributed by atoms with E-state index in [-0.39, 0.29) is 17.6 Å². The number of hydrogen-bond acceptors (Lipinski definition) is 4. The summed E-state index contributed by atoms with van der Waals surface area (Å²) in [4.78, 5) is 14.8. The molecule has 0 aromatic heterocycles. The van der Waals surface area contributed by atoms with E-state index in [0.717, 1.165) is 43.7 Å². The molecular formula is C29H41NO3. The van der Waals surface area contributed by atoms with E-state index in [1.807, 2.05) is 0 Å². The van der Waals surface area contributed by atoms with Gasteiger partial charge in [-0.25, -0.2) is 0 Å². The Bertz CT molecular complexity index is 961. The second-order valence-corrected chi connectivity index (χ2v) is 14.0. The van der Waals surface area contributed by atoms with Crippen molar-refractivity contribution in [2.75, 3.05) is 19.7 Å². The van der Waals surface area contributed by atoms with Crippen molar-refractivity contribution in [2.24, 2.45) is 45.8 Å². The topological polar surface area (TPSA) is 49.8 Å². The Balaban J connectivity index is 1.13. The van der Waals surface area contributed by atoms with Crippen LogP contribution in [0.25, 0.3) is 0 Å². The van der Waals surface area contributed by atoms with Crippen molar-refractivity contribution in [3.8, 4) is 0 Å². The lowest BCUT2D eigenvalue weighted by molar-refractivity contribution is -0.211. The van der Waals surface area contributed by atoms with Gasteiger partial charge in [-0.1, -0.05) is 19.4 Å².